The fraction of sp³-hybridized carbons (Fsp3) is 1.00. The summed E-state index contributed by atoms with van der Waals surface area (Å²) in [7, 11) is 0. The maximum Gasteiger partial charge on any atom is 0.0605 e. The average molecular weight is 311 g/mol. The highest BCUT2D eigenvalue weighted by Gasteiger charge is 2.30. The third-order valence-electron chi connectivity index (χ3n) is 6.42. The van der Waals surface area contributed by atoms with Gasteiger partial charge in [-0.15, -0.1) is 0 Å². The molecule has 0 aromatic carbocycles. The van der Waals surface area contributed by atoms with Crippen LogP contribution in [0.3, 0.4) is 0 Å². The lowest BCUT2D eigenvalue weighted by atomic mass is 9.75. The van der Waals surface area contributed by atoms with Crippen molar-refractivity contribution in [2.75, 3.05) is 13.2 Å². The van der Waals surface area contributed by atoms with E-state index < -0.39 is 0 Å². The van der Waals surface area contributed by atoms with Gasteiger partial charge in [0.15, 0.2) is 0 Å². The van der Waals surface area contributed by atoms with Gasteiger partial charge in [-0.05, 0) is 61.7 Å². The monoisotopic (exact) mass is 310 g/mol. The van der Waals surface area contributed by atoms with Gasteiger partial charge < -0.3 is 9.84 Å². The SMILES string of the molecule is CC(C)C1CCCCC1OCC(C)C1CCC(CCO)CC1. The molecule has 2 heteroatoms. The van der Waals surface area contributed by atoms with Crippen molar-refractivity contribution in [2.24, 2.45) is 29.6 Å². The van der Waals surface area contributed by atoms with Crippen LogP contribution in [-0.4, -0.2) is 24.4 Å². The molecule has 2 nitrogen and oxygen atoms in total. The smallest absolute Gasteiger partial charge is 0.0605 e. The fourth-order valence-corrected chi connectivity index (χ4v) is 4.74. The van der Waals surface area contributed by atoms with Gasteiger partial charge in [0, 0.05) is 13.2 Å². The van der Waals surface area contributed by atoms with E-state index in [4.69, 9.17) is 9.84 Å². The van der Waals surface area contributed by atoms with Gasteiger partial charge in [0.25, 0.3) is 0 Å². The molecule has 3 atom stereocenters. The van der Waals surface area contributed by atoms with Gasteiger partial charge in [-0.2, -0.15) is 0 Å². The summed E-state index contributed by atoms with van der Waals surface area (Å²) in [4.78, 5) is 0. The summed E-state index contributed by atoms with van der Waals surface area (Å²) in [5.41, 5.74) is 0. The standard InChI is InChI=1S/C20H38O2/c1-15(2)19-6-4-5-7-20(19)22-14-16(3)18-10-8-17(9-11-18)12-13-21/h15-21H,4-14H2,1-3H3. The molecule has 2 rings (SSSR count). The molecule has 2 aliphatic carbocycles. The number of aliphatic hydroxyl groups excluding tert-OH is 1. The van der Waals surface area contributed by atoms with Crippen LogP contribution in [0.2, 0.25) is 0 Å². The van der Waals surface area contributed by atoms with Crippen LogP contribution in [0, 0.1) is 29.6 Å². The Morgan fingerprint density at radius 2 is 1.64 bits per heavy atom. The van der Waals surface area contributed by atoms with Gasteiger partial charge in [-0.3, -0.25) is 0 Å². The highest BCUT2D eigenvalue weighted by molar-refractivity contribution is 4.80. The van der Waals surface area contributed by atoms with Crippen LogP contribution in [0.25, 0.3) is 0 Å². The zero-order valence-corrected chi connectivity index (χ0v) is 15.1. The zero-order chi connectivity index (χ0) is 15.9. The minimum Gasteiger partial charge on any atom is -0.396 e. The second kappa shape index (κ2) is 9.27. The second-order valence-electron chi connectivity index (χ2n) is 8.33. The van der Waals surface area contributed by atoms with Crippen molar-refractivity contribution in [1.29, 1.82) is 0 Å². The lowest BCUT2D eigenvalue weighted by Crippen LogP contribution is -2.33. The molecule has 2 saturated carbocycles. The van der Waals surface area contributed by atoms with Crippen molar-refractivity contribution in [3.8, 4) is 0 Å². The molecular weight excluding hydrogens is 272 g/mol. The van der Waals surface area contributed by atoms with Gasteiger partial charge in [0.05, 0.1) is 6.10 Å². The van der Waals surface area contributed by atoms with Crippen molar-refractivity contribution in [2.45, 2.75) is 84.7 Å². The van der Waals surface area contributed by atoms with Crippen LogP contribution >= 0.6 is 0 Å². The van der Waals surface area contributed by atoms with E-state index in [2.05, 4.69) is 20.8 Å². The predicted octanol–water partition coefficient (Wildman–Crippen LogP) is 5.04. The molecule has 2 fully saturated rings. The van der Waals surface area contributed by atoms with Crippen molar-refractivity contribution < 1.29 is 9.84 Å². The molecule has 0 heterocycles. The van der Waals surface area contributed by atoms with Crippen LogP contribution < -0.4 is 0 Å². The topological polar surface area (TPSA) is 29.5 Å². The Balaban J connectivity index is 1.72. The summed E-state index contributed by atoms with van der Waals surface area (Å²) in [5.74, 6) is 3.86. The minimum atomic E-state index is 0.367. The third kappa shape index (κ3) is 5.23. The normalized spacial score (nSPS) is 34.8. The number of aliphatic hydroxyl groups is 1. The van der Waals surface area contributed by atoms with Gasteiger partial charge in [0.2, 0.25) is 0 Å². The summed E-state index contributed by atoms with van der Waals surface area (Å²) < 4.78 is 6.41. The first-order chi connectivity index (χ1) is 10.6. The highest BCUT2D eigenvalue weighted by Crippen LogP contribution is 2.36. The average Bonchev–Trinajstić information content (AvgIpc) is 2.54. The van der Waals surface area contributed by atoms with Crippen LogP contribution in [0.1, 0.15) is 78.6 Å². The predicted molar refractivity (Wildman–Crippen MR) is 92.9 cm³/mol. The van der Waals surface area contributed by atoms with E-state index in [0.29, 0.717) is 18.6 Å². The van der Waals surface area contributed by atoms with Crippen LogP contribution in [-0.2, 0) is 4.74 Å². The molecule has 3 unspecified atom stereocenters. The van der Waals surface area contributed by atoms with Crippen LogP contribution in [0.5, 0.6) is 0 Å². The molecule has 0 saturated heterocycles. The zero-order valence-electron chi connectivity index (χ0n) is 15.1. The van der Waals surface area contributed by atoms with Gasteiger partial charge >= 0.3 is 0 Å². The molecular formula is C20H38O2. The first-order valence-corrected chi connectivity index (χ1v) is 9.84. The molecule has 0 aliphatic heterocycles. The lowest BCUT2D eigenvalue weighted by Gasteiger charge is -2.37. The summed E-state index contributed by atoms with van der Waals surface area (Å²) >= 11 is 0. The van der Waals surface area contributed by atoms with Crippen molar-refractivity contribution in [3.63, 3.8) is 0 Å². The maximum absolute atomic E-state index is 9.07. The Labute approximate surface area is 138 Å². The van der Waals surface area contributed by atoms with E-state index in [9.17, 15) is 0 Å². The first-order valence-electron chi connectivity index (χ1n) is 9.84. The van der Waals surface area contributed by atoms with Gasteiger partial charge in [-0.1, -0.05) is 46.5 Å². The molecule has 130 valence electrons. The minimum absolute atomic E-state index is 0.367. The van der Waals surface area contributed by atoms with Crippen LogP contribution in [0.4, 0.5) is 0 Å². The summed E-state index contributed by atoms with van der Waals surface area (Å²) in [6.07, 6.45) is 12.2. The molecule has 0 aromatic rings. The van der Waals surface area contributed by atoms with Crippen molar-refractivity contribution in [1.82, 2.24) is 0 Å². The Hall–Kier alpha value is -0.0800. The third-order valence-corrected chi connectivity index (χ3v) is 6.42. The Morgan fingerprint density at radius 1 is 0.955 bits per heavy atom. The van der Waals surface area contributed by atoms with E-state index in [1.165, 1.54) is 51.4 Å². The fourth-order valence-electron chi connectivity index (χ4n) is 4.74. The Morgan fingerprint density at radius 3 is 2.27 bits per heavy atom. The number of hydrogen-bond donors (Lipinski definition) is 1. The molecule has 0 spiro atoms. The van der Waals surface area contributed by atoms with Crippen molar-refractivity contribution in [3.05, 3.63) is 0 Å². The van der Waals surface area contributed by atoms with Crippen molar-refractivity contribution >= 4 is 0 Å². The first kappa shape index (κ1) is 18.3. The molecule has 0 bridgehead atoms. The van der Waals surface area contributed by atoms with Gasteiger partial charge in [0.1, 0.15) is 0 Å². The molecule has 1 N–H and O–H groups in total. The number of ether oxygens (including phenoxy) is 1. The maximum atomic E-state index is 9.07. The van der Waals surface area contributed by atoms with E-state index in [1.807, 2.05) is 0 Å². The summed E-state index contributed by atoms with van der Waals surface area (Å²) in [6, 6.07) is 0. The van der Waals surface area contributed by atoms with E-state index in [0.717, 1.165) is 36.7 Å². The van der Waals surface area contributed by atoms with E-state index in [1.54, 1.807) is 0 Å². The highest BCUT2D eigenvalue weighted by atomic mass is 16.5. The lowest BCUT2D eigenvalue weighted by molar-refractivity contribution is -0.0481. The van der Waals surface area contributed by atoms with E-state index >= 15 is 0 Å². The number of rotatable bonds is 7. The summed E-state index contributed by atoms with van der Waals surface area (Å²) in [6.45, 7) is 8.44. The Kier molecular flexibility index (Phi) is 7.70. The van der Waals surface area contributed by atoms with Crippen LogP contribution in [0.15, 0.2) is 0 Å². The second-order valence-corrected chi connectivity index (χ2v) is 8.33. The summed E-state index contributed by atoms with van der Waals surface area (Å²) in [5, 5.41) is 9.07. The molecule has 22 heavy (non-hydrogen) atoms. The molecule has 2 aliphatic rings. The molecule has 0 aromatic heterocycles. The Bertz CT molecular complexity index is 294. The van der Waals surface area contributed by atoms with E-state index in [-0.39, 0.29) is 0 Å². The quantitative estimate of drug-likeness (QED) is 0.713. The molecule has 0 radical (unpaired) electrons. The number of hydrogen-bond acceptors (Lipinski definition) is 2. The largest absolute Gasteiger partial charge is 0.396 e. The van der Waals surface area contributed by atoms with Gasteiger partial charge in [-0.25, -0.2) is 0 Å². The molecule has 0 amide bonds.